The number of hydrogen-bond donors (Lipinski definition) is 1. The van der Waals surface area contributed by atoms with Gasteiger partial charge in [-0.15, -0.1) is 0 Å². The number of rotatable bonds is 4. The normalized spacial score (nSPS) is 17.2. The average Bonchev–Trinajstić information content (AvgIpc) is 2.96. The molecule has 1 atom stereocenters. The molecule has 24 heavy (non-hydrogen) atoms. The van der Waals surface area contributed by atoms with Crippen molar-refractivity contribution in [2.45, 2.75) is 13.0 Å². The molecule has 1 aliphatic rings. The van der Waals surface area contributed by atoms with Gasteiger partial charge in [-0.25, -0.2) is 8.78 Å². The van der Waals surface area contributed by atoms with Gasteiger partial charge in [0.05, 0.1) is 0 Å². The summed E-state index contributed by atoms with van der Waals surface area (Å²) in [4.78, 5) is 26.1. The number of anilines is 1. The molecule has 0 radical (unpaired) electrons. The van der Waals surface area contributed by atoms with Crippen molar-refractivity contribution < 1.29 is 18.4 Å². The maximum absolute atomic E-state index is 13.6. The van der Waals surface area contributed by atoms with E-state index in [9.17, 15) is 18.4 Å². The number of carbonyl (C=O) groups excluding carboxylic acids is 2. The van der Waals surface area contributed by atoms with Gasteiger partial charge in [0.2, 0.25) is 11.8 Å². The molecule has 2 amide bonds. The van der Waals surface area contributed by atoms with Crippen LogP contribution in [0.3, 0.4) is 0 Å². The fourth-order valence-electron chi connectivity index (χ4n) is 2.75. The van der Waals surface area contributed by atoms with Gasteiger partial charge in [0.25, 0.3) is 0 Å². The number of carbonyl (C=O) groups is 2. The summed E-state index contributed by atoms with van der Waals surface area (Å²) in [7, 11) is 0. The summed E-state index contributed by atoms with van der Waals surface area (Å²) in [6, 6.07) is 11.7. The minimum atomic E-state index is -0.804. The highest BCUT2D eigenvalue weighted by Gasteiger charge is 2.37. The highest BCUT2D eigenvalue weighted by atomic mass is 19.1. The number of benzene rings is 2. The molecular weight excluding hydrogens is 314 g/mol. The fraction of sp³-hybridized carbons (Fsp3) is 0.222. The molecule has 124 valence electrons. The summed E-state index contributed by atoms with van der Waals surface area (Å²) in [5.74, 6) is -2.34. The van der Waals surface area contributed by atoms with Crippen molar-refractivity contribution in [1.82, 2.24) is 5.32 Å². The van der Waals surface area contributed by atoms with Crippen molar-refractivity contribution in [3.05, 3.63) is 65.7 Å². The topological polar surface area (TPSA) is 49.4 Å². The quantitative estimate of drug-likeness (QED) is 0.876. The van der Waals surface area contributed by atoms with Gasteiger partial charge in [-0.1, -0.05) is 18.2 Å². The first-order chi connectivity index (χ1) is 11.6. The van der Waals surface area contributed by atoms with Gasteiger partial charge < -0.3 is 10.2 Å². The number of halogens is 2. The molecule has 1 saturated heterocycles. The van der Waals surface area contributed by atoms with Gasteiger partial charge >= 0.3 is 0 Å². The zero-order valence-corrected chi connectivity index (χ0v) is 12.8. The molecule has 6 heteroatoms. The minimum Gasteiger partial charge on any atom is -0.351 e. The van der Waals surface area contributed by atoms with Crippen LogP contribution in [0.4, 0.5) is 14.5 Å². The molecular formula is C18H16F2N2O2. The molecule has 1 heterocycles. The van der Waals surface area contributed by atoms with Crippen LogP contribution in [0, 0.1) is 17.6 Å². The van der Waals surface area contributed by atoms with Gasteiger partial charge in [0.15, 0.2) is 0 Å². The largest absolute Gasteiger partial charge is 0.351 e. The van der Waals surface area contributed by atoms with Crippen molar-refractivity contribution >= 4 is 17.5 Å². The lowest BCUT2D eigenvalue weighted by molar-refractivity contribution is -0.132. The summed E-state index contributed by atoms with van der Waals surface area (Å²) in [5.41, 5.74) is 0.928. The Morgan fingerprint density at radius 3 is 2.54 bits per heavy atom. The van der Waals surface area contributed by atoms with Crippen LogP contribution >= 0.6 is 0 Å². The van der Waals surface area contributed by atoms with E-state index in [0.29, 0.717) is 24.2 Å². The third kappa shape index (κ3) is 3.27. The summed E-state index contributed by atoms with van der Waals surface area (Å²) < 4.78 is 26.5. The molecule has 2 aromatic rings. The third-order valence-electron chi connectivity index (χ3n) is 4.07. The average molecular weight is 330 g/mol. The van der Waals surface area contributed by atoms with Crippen LogP contribution in [-0.4, -0.2) is 18.4 Å². The molecule has 1 aliphatic heterocycles. The van der Waals surface area contributed by atoms with Crippen LogP contribution < -0.4 is 10.2 Å². The number of hydrogen-bond acceptors (Lipinski definition) is 2. The monoisotopic (exact) mass is 330 g/mol. The second-order valence-electron chi connectivity index (χ2n) is 5.62. The van der Waals surface area contributed by atoms with Crippen LogP contribution in [-0.2, 0) is 16.1 Å². The molecule has 1 N–H and O–H groups in total. The zero-order chi connectivity index (χ0) is 17.1. The Balaban J connectivity index is 1.63. The van der Waals surface area contributed by atoms with E-state index < -0.39 is 17.6 Å². The van der Waals surface area contributed by atoms with E-state index in [0.717, 1.165) is 0 Å². The standard InChI is InChI=1S/C18H16F2N2O2/c19-13-5-7-14(8-6-13)22-10-9-15(18(22)24)17(23)21-11-12-3-1-2-4-16(12)20/h1-8,15H,9-11H2,(H,21,23)/t15-/m0/s1. The first-order valence-corrected chi connectivity index (χ1v) is 7.64. The van der Waals surface area contributed by atoms with Crippen molar-refractivity contribution in [3.8, 4) is 0 Å². The SMILES string of the molecule is O=C(NCc1ccccc1F)[C@@H]1CCN(c2ccc(F)cc2)C1=O. The lowest BCUT2D eigenvalue weighted by Crippen LogP contribution is -2.36. The van der Waals surface area contributed by atoms with Crippen molar-refractivity contribution in [2.24, 2.45) is 5.92 Å². The van der Waals surface area contributed by atoms with Gasteiger partial charge in [0, 0.05) is 24.3 Å². The van der Waals surface area contributed by atoms with E-state index in [-0.39, 0.29) is 18.3 Å². The number of nitrogens with one attached hydrogen (secondary N) is 1. The number of amides is 2. The van der Waals surface area contributed by atoms with E-state index >= 15 is 0 Å². The molecule has 0 unspecified atom stereocenters. The molecule has 0 bridgehead atoms. The predicted octanol–water partition coefficient (Wildman–Crippen LogP) is 2.63. The van der Waals surface area contributed by atoms with E-state index in [2.05, 4.69) is 5.32 Å². The van der Waals surface area contributed by atoms with Crippen LogP contribution in [0.15, 0.2) is 48.5 Å². The molecule has 0 aromatic heterocycles. The minimum absolute atomic E-state index is 0.0336. The van der Waals surface area contributed by atoms with E-state index in [1.807, 2.05) is 0 Å². The second kappa shape index (κ2) is 6.78. The van der Waals surface area contributed by atoms with Crippen LogP contribution in [0.5, 0.6) is 0 Å². The smallest absolute Gasteiger partial charge is 0.239 e. The zero-order valence-electron chi connectivity index (χ0n) is 12.8. The lowest BCUT2D eigenvalue weighted by atomic mass is 10.1. The second-order valence-corrected chi connectivity index (χ2v) is 5.62. The van der Waals surface area contributed by atoms with Crippen LogP contribution in [0.1, 0.15) is 12.0 Å². The highest BCUT2D eigenvalue weighted by molar-refractivity contribution is 6.09. The molecule has 1 fully saturated rings. The Kier molecular flexibility index (Phi) is 4.55. The van der Waals surface area contributed by atoms with Gasteiger partial charge in [-0.3, -0.25) is 9.59 Å². The lowest BCUT2D eigenvalue weighted by Gasteiger charge is -2.16. The first-order valence-electron chi connectivity index (χ1n) is 7.64. The summed E-state index contributed by atoms with van der Waals surface area (Å²) in [6.07, 6.45) is 0.374. The number of nitrogens with zero attached hydrogens (tertiary/aromatic N) is 1. The fourth-order valence-corrected chi connectivity index (χ4v) is 2.75. The molecule has 2 aromatic carbocycles. The third-order valence-corrected chi connectivity index (χ3v) is 4.07. The molecule has 3 rings (SSSR count). The van der Waals surface area contributed by atoms with Crippen LogP contribution in [0.2, 0.25) is 0 Å². The first kappa shape index (κ1) is 16.1. The van der Waals surface area contributed by atoms with Crippen molar-refractivity contribution in [1.29, 1.82) is 0 Å². The predicted molar refractivity (Wildman–Crippen MR) is 85.1 cm³/mol. The maximum Gasteiger partial charge on any atom is 0.239 e. The Morgan fingerprint density at radius 2 is 1.83 bits per heavy atom. The Labute approximate surface area is 138 Å². The van der Waals surface area contributed by atoms with Crippen molar-refractivity contribution in [2.75, 3.05) is 11.4 Å². The van der Waals surface area contributed by atoms with E-state index in [4.69, 9.17) is 0 Å². The van der Waals surface area contributed by atoms with Gasteiger partial charge in [-0.2, -0.15) is 0 Å². The summed E-state index contributed by atoms with van der Waals surface area (Å²) >= 11 is 0. The van der Waals surface area contributed by atoms with Crippen molar-refractivity contribution in [3.63, 3.8) is 0 Å². The maximum atomic E-state index is 13.6. The highest BCUT2D eigenvalue weighted by Crippen LogP contribution is 2.25. The molecule has 4 nitrogen and oxygen atoms in total. The Hall–Kier alpha value is -2.76. The summed E-state index contributed by atoms with van der Waals surface area (Å²) in [5, 5.41) is 2.61. The van der Waals surface area contributed by atoms with Gasteiger partial charge in [0.1, 0.15) is 17.6 Å². The van der Waals surface area contributed by atoms with Gasteiger partial charge in [-0.05, 0) is 36.8 Å². The Morgan fingerprint density at radius 1 is 1.12 bits per heavy atom. The van der Waals surface area contributed by atoms with Crippen LogP contribution in [0.25, 0.3) is 0 Å². The van der Waals surface area contributed by atoms with E-state index in [1.165, 1.54) is 35.2 Å². The van der Waals surface area contributed by atoms with E-state index in [1.54, 1.807) is 18.2 Å². The molecule has 0 saturated carbocycles. The molecule has 0 aliphatic carbocycles. The summed E-state index contributed by atoms with van der Waals surface area (Å²) in [6.45, 7) is 0.425. The Bertz CT molecular complexity index is 762. The molecule has 0 spiro atoms.